The minimum absolute atomic E-state index is 0. The van der Waals surface area contributed by atoms with Crippen LogP contribution in [0.15, 0.2) is 45.8 Å². The zero-order chi connectivity index (χ0) is 18.4. The van der Waals surface area contributed by atoms with Gasteiger partial charge in [-0.3, -0.25) is 9.89 Å². The van der Waals surface area contributed by atoms with Crippen LogP contribution in [0.1, 0.15) is 36.0 Å². The Morgan fingerprint density at radius 2 is 1.93 bits per heavy atom. The molecule has 0 amide bonds. The Morgan fingerprint density at radius 1 is 1.19 bits per heavy atom. The largest absolute Gasteiger partial charge is 0.465 e. The highest BCUT2D eigenvalue weighted by atomic mass is 127. The van der Waals surface area contributed by atoms with Crippen LogP contribution in [0.5, 0.6) is 0 Å². The minimum Gasteiger partial charge on any atom is -0.465 e. The summed E-state index contributed by atoms with van der Waals surface area (Å²) in [4.78, 5) is 6.69. The number of rotatable bonds is 6. The summed E-state index contributed by atoms with van der Waals surface area (Å²) in [7, 11) is 1.72. The van der Waals surface area contributed by atoms with Gasteiger partial charge in [0.2, 0.25) is 0 Å². The van der Waals surface area contributed by atoms with Crippen LogP contribution in [0, 0.1) is 12.7 Å². The van der Waals surface area contributed by atoms with E-state index in [-0.39, 0.29) is 35.8 Å². The Labute approximate surface area is 177 Å². The zero-order valence-electron chi connectivity index (χ0n) is 15.9. The molecule has 1 fully saturated rings. The number of nitrogens with zero attached hydrogens (tertiary/aromatic N) is 2. The standard InChI is InChI=1S/C20H27FN4O.HI/c1-15-9-10-19(26-15)18(25-11-5-6-12-25)14-24-20(22-2)23-13-16-7-3-4-8-17(16)21;/h3-4,7-10,18H,5-6,11-14H2,1-2H3,(H2,22,23,24);1H. The molecule has 1 unspecified atom stereocenters. The summed E-state index contributed by atoms with van der Waals surface area (Å²) >= 11 is 0. The van der Waals surface area contributed by atoms with Crippen molar-refractivity contribution in [3.63, 3.8) is 0 Å². The Kier molecular flexibility index (Phi) is 8.56. The molecule has 0 bridgehead atoms. The van der Waals surface area contributed by atoms with Gasteiger partial charge in [0.25, 0.3) is 0 Å². The number of hydrogen-bond donors (Lipinski definition) is 2. The van der Waals surface area contributed by atoms with Gasteiger partial charge in [-0.15, -0.1) is 24.0 Å². The summed E-state index contributed by atoms with van der Waals surface area (Å²) in [6.07, 6.45) is 2.44. The summed E-state index contributed by atoms with van der Waals surface area (Å²) in [6.45, 7) is 5.19. The normalized spacial score (nSPS) is 16.0. The molecule has 0 aliphatic carbocycles. The zero-order valence-corrected chi connectivity index (χ0v) is 18.2. The lowest BCUT2D eigenvalue weighted by atomic mass is 10.2. The maximum Gasteiger partial charge on any atom is 0.191 e. The number of furan rings is 1. The van der Waals surface area contributed by atoms with E-state index in [1.165, 1.54) is 18.9 Å². The summed E-state index contributed by atoms with van der Waals surface area (Å²) < 4.78 is 19.6. The first-order chi connectivity index (χ1) is 12.7. The van der Waals surface area contributed by atoms with Crippen molar-refractivity contribution >= 4 is 29.9 Å². The fourth-order valence-electron chi connectivity index (χ4n) is 3.33. The molecule has 2 heterocycles. The van der Waals surface area contributed by atoms with Gasteiger partial charge in [0, 0.05) is 25.7 Å². The van der Waals surface area contributed by atoms with Gasteiger partial charge in [0.1, 0.15) is 17.3 Å². The fraction of sp³-hybridized carbons (Fsp3) is 0.450. The molecule has 0 spiro atoms. The third-order valence-corrected chi connectivity index (χ3v) is 4.76. The van der Waals surface area contributed by atoms with Crippen molar-refractivity contribution < 1.29 is 8.81 Å². The van der Waals surface area contributed by atoms with Crippen LogP contribution in [0.2, 0.25) is 0 Å². The predicted molar refractivity (Wildman–Crippen MR) is 117 cm³/mol. The number of aryl methyl sites for hydroxylation is 1. The molecule has 2 N–H and O–H groups in total. The molecule has 1 saturated heterocycles. The van der Waals surface area contributed by atoms with E-state index < -0.39 is 0 Å². The predicted octanol–water partition coefficient (Wildman–Crippen LogP) is 3.85. The minimum atomic E-state index is -0.212. The molecular weight excluding hydrogens is 458 g/mol. The highest BCUT2D eigenvalue weighted by Gasteiger charge is 2.26. The van der Waals surface area contributed by atoms with Gasteiger partial charge in [-0.25, -0.2) is 4.39 Å². The summed E-state index contributed by atoms with van der Waals surface area (Å²) in [5, 5.41) is 6.54. The maximum atomic E-state index is 13.8. The molecule has 3 rings (SSSR count). The number of guanidine groups is 1. The lowest BCUT2D eigenvalue weighted by Crippen LogP contribution is -2.42. The molecular formula is C20H28FIN4O. The topological polar surface area (TPSA) is 52.8 Å². The van der Waals surface area contributed by atoms with Crippen LogP contribution in [0.4, 0.5) is 4.39 Å². The molecule has 0 saturated carbocycles. The average Bonchev–Trinajstić information content (AvgIpc) is 3.31. The van der Waals surface area contributed by atoms with E-state index in [1.54, 1.807) is 19.2 Å². The molecule has 148 valence electrons. The molecule has 1 atom stereocenters. The van der Waals surface area contributed by atoms with E-state index >= 15 is 0 Å². The first-order valence-electron chi connectivity index (χ1n) is 9.15. The second-order valence-electron chi connectivity index (χ2n) is 6.61. The van der Waals surface area contributed by atoms with Crippen molar-refractivity contribution in [3.8, 4) is 0 Å². The number of likely N-dealkylation sites (tertiary alicyclic amines) is 1. The average molecular weight is 486 g/mol. The molecule has 1 aromatic carbocycles. The smallest absolute Gasteiger partial charge is 0.191 e. The van der Waals surface area contributed by atoms with Gasteiger partial charge in [-0.2, -0.15) is 0 Å². The second kappa shape index (κ2) is 10.7. The Hall–Kier alpha value is -1.61. The molecule has 7 heteroatoms. The monoisotopic (exact) mass is 486 g/mol. The Balaban J connectivity index is 0.00000261. The molecule has 0 radical (unpaired) electrons. The number of nitrogens with one attached hydrogen (secondary N) is 2. The molecule has 1 aromatic heterocycles. The Bertz CT molecular complexity index is 743. The van der Waals surface area contributed by atoms with E-state index in [2.05, 4.69) is 26.6 Å². The van der Waals surface area contributed by atoms with Gasteiger partial charge in [0.15, 0.2) is 5.96 Å². The van der Waals surface area contributed by atoms with Crippen LogP contribution >= 0.6 is 24.0 Å². The van der Waals surface area contributed by atoms with E-state index in [0.717, 1.165) is 24.6 Å². The van der Waals surface area contributed by atoms with Gasteiger partial charge < -0.3 is 15.1 Å². The van der Waals surface area contributed by atoms with Crippen molar-refractivity contribution in [2.24, 2.45) is 4.99 Å². The number of hydrogen-bond acceptors (Lipinski definition) is 3. The highest BCUT2D eigenvalue weighted by molar-refractivity contribution is 14.0. The number of benzene rings is 1. The van der Waals surface area contributed by atoms with Gasteiger partial charge in [0.05, 0.1) is 6.04 Å². The van der Waals surface area contributed by atoms with Crippen molar-refractivity contribution in [3.05, 3.63) is 59.3 Å². The van der Waals surface area contributed by atoms with Crippen molar-refractivity contribution in [2.75, 3.05) is 26.7 Å². The van der Waals surface area contributed by atoms with Crippen LogP contribution in [0.3, 0.4) is 0 Å². The lowest BCUT2D eigenvalue weighted by Gasteiger charge is -2.26. The third kappa shape index (κ3) is 5.93. The molecule has 1 aliphatic rings. The van der Waals surface area contributed by atoms with Crippen molar-refractivity contribution in [1.29, 1.82) is 0 Å². The number of halogens is 2. The Morgan fingerprint density at radius 3 is 2.56 bits per heavy atom. The van der Waals surface area contributed by atoms with Crippen LogP contribution in [-0.4, -0.2) is 37.5 Å². The van der Waals surface area contributed by atoms with Crippen LogP contribution in [0.25, 0.3) is 0 Å². The maximum absolute atomic E-state index is 13.8. The highest BCUT2D eigenvalue weighted by Crippen LogP contribution is 2.26. The second-order valence-corrected chi connectivity index (χ2v) is 6.61. The van der Waals surface area contributed by atoms with E-state index in [1.807, 2.05) is 19.1 Å². The lowest BCUT2D eigenvalue weighted by molar-refractivity contribution is 0.213. The summed E-state index contributed by atoms with van der Waals surface area (Å²) in [6, 6.07) is 11.0. The van der Waals surface area contributed by atoms with Gasteiger partial charge in [-0.05, 0) is 51.1 Å². The van der Waals surface area contributed by atoms with Crippen LogP contribution in [-0.2, 0) is 6.54 Å². The summed E-state index contributed by atoms with van der Waals surface area (Å²) in [5.41, 5.74) is 0.619. The molecule has 27 heavy (non-hydrogen) atoms. The first kappa shape index (κ1) is 21.7. The van der Waals surface area contributed by atoms with E-state index in [9.17, 15) is 4.39 Å². The fourth-order valence-corrected chi connectivity index (χ4v) is 3.33. The third-order valence-electron chi connectivity index (χ3n) is 4.76. The van der Waals surface area contributed by atoms with E-state index in [4.69, 9.17) is 4.42 Å². The summed E-state index contributed by atoms with van der Waals surface area (Å²) in [5.74, 6) is 2.34. The van der Waals surface area contributed by atoms with Crippen LogP contribution < -0.4 is 10.6 Å². The molecule has 2 aromatic rings. The van der Waals surface area contributed by atoms with Crippen molar-refractivity contribution in [2.45, 2.75) is 32.4 Å². The molecule has 5 nitrogen and oxygen atoms in total. The quantitative estimate of drug-likeness (QED) is 0.370. The SMILES string of the molecule is CN=C(NCc1ccccc1F)NCC(c1ccc(C)o1)N1CCCC1.I. The first-order valence-corrected chi connectivity index (χ1v) is 9.15. The van der Waals surface area contributed by atoms with Crippen molar-refractivity contribution in [1.82, 2.24) is 15.5 Å². The van der Waals surface area contributed by atoms with E-state index in [0.29, 0.717) is 24.6 Å². The number of aliphatic imine (C=N–C) groups is 1. The van der Waals surface area contributed by atoms with Gasteiger partial charge >= 0.3 is 0 Å². The van der Waals surface area contributed by atoms with Gasteiger partial charge in [-0.1, -0.05) is 18.2 Å². The molecule has 1 aliphatic heterocycles.